The molecule has 0 saturated heterocycles. The van der Waals surface area contributed by atoms with Gasteiger partial charge in [-0.15, -0.1) is 0 Å². The van der Waals surface area contributed by atoms with Crippen molar-refractivity contribution in [2.75, 3.05) is 6.54 Å². The lowest BCUT2D eigenvalue weighted by Crippen LogP contribution is -2.36. The van der Waals surface area contributed by atoms with Crippen LogP contribution in [0.25, 0.3) is 0 Å². The Kier molecular flexibility index (Phi) is 4.27. The average Bonchev–Trinajstić information content (AvgIpc) is 2.27. The number of halogens is 1. The number of amides is 1. The van der Waals surface area contributed by atoms with Crippen LogP contribution >= 0.6 is 0 Å². The predicted octanol–water partition coefficient (Wildman–Crippen LogP) is 3.24. The van der Waals surface area contributed by atoms with Gasteiger partial charge in [0, 0.05) is 12.1 Å². The molecule has 0 saturated carbocycles. The Morgan fingerprint density at radius 1 is 1.29 bits per heavy atom. The third-order valence-corrected chi connectivity index (χ3v) is 3.37. The van der Waals surface area contributed by atoms with E-state index < -0.39 is 0 Å². The summed E-state index contributed by atoms with van der Waals surface area (Å²) in [5.74, 6) is -0.00111. The van der Waals surface area contributed by atoms with Crippen molar-refractivity contribution in [1.82, 2.24) is 5.32 Å². The van der Waals surface area contributed by atoms with Crippen molar-refractivity contribution < 1.29 is 9.18 Å². The first-order valence-electron chi connectivity index (χ1n) is 5.86. The van der Waals surface area contributed by atoms with Gasteiger partial charge in [-0.3, -0.25) is 4.79 Å². The fourth-order valence-corrected chi connectivity index (χ4v) is 1.22. The minimum atomic E-state index is -0.330. The Balaban J connectivity index is 2.59. The van der Waals surface area contributed by atoms with Crippen molar-refractivity contribution in [2.24, 2.45) is 11.3 Å². The van der Waals surface area contributed by atoms with Crippen LogP contribution in [-0.2, 0) is 0 Å². The van der Waals surface area contributed by atoms with Gasteiger partial charge in [-0.05, 0) is 35.6 Å². The van der Waals surface area contributed by atoms with Crippen LogP contribution in [0.4, 0.5) is 4.39 Å². The van der Waals surface area contributed by atoms with Crippen molar-refractivity contribution in [3.05, 3.63) is 35.6 Å². The molecule has 0 radical (unpaired) electrons. The Labute approximate surface area is 102 Å². The molecular formula is C14H20FNO. The van der Waals surface area contributed by atoms with Crippen LogP contribution in [0.5, 0.6) is 0 Å². The van der Waals surface area contributed by atoms with E-state index in [4.69, 9.17) is 0 Å². The molecule has 0 aromatic heterocycles. The second kappa shape index (κ2) is 5.30. The first-order valence-corrected chi connectivity index (χ1v) is 5.86. The Morgan fingerprint density at radius 3 is 2.29 bits per heavy atom. The van der Waals surface area contributed by atoms with Gasteiger partial charge in [-0.2, -0.15) is 0 Å². The highest BCUT2D eigenvalue weighted by Gasteiger charge is 2.23. The summed E-state index contributed by atoms with van der Waals surface area (Å²) < 4.78 is 12.7. The smallest absolute Gasteiger partial charge is 0.251 e. The molecule has 3 heteroatoms. The molecule has 1 N–H and O–H groups in total. The second-order valence-electron chi connectivity index (χ2n) is 5.33. The molecular weight excluding hydrogens is 217 g/mol. The third kappa shape index (κ3) is 3.84. The quantitative estimate of drug-likeness (QED) is 0.855. The lowest BCUT2D eigenvalue weighted by molar-refractivity contribution is 0.0925. The van der Waals surface area contributed by atoms with E-state index in [9.17, 15) is 9.18 Å². The number of hydrogen-bond acceptors (Lipinski definition) is 1. The molecule has 0 heterocycles. The maximum atomic E-state index is 12.7. The van der Waals surface area contributed by atoms with Crippen LogP contribution in [0, 0.1) is 17.2 Å². The molecule has 2 nitrogen and oxygen atoms in total. The van der Waals surface area contributed by atoms with Gasteiger partial charge >= 0.3 is 0 Å². The van der Waals surface area contributed by atoms with E-state index in [1.54, 1.807) is 0 Å². The molecule has 0 unspecified atom stereocenters. The molecule has 0 fully saturated rings. The minimum absolute atomic E-state index is 0.0513. The Bertz CT molecular complexity index is 382. The van der Waals surface area contributed by atoms with Crippen molar-refractivity contribution in [1.29, 1.82) is 0 Å². The number of carbonyl (C=O) groups excluding carboxylic acids is 1. The second-order valence-corrected chi connectivity index (χ2v) is 5.33. The zero-order valence-electron chi connectivity index (χ0n) is 10.9. The monoisotopic (exact) mass is 237 g/mol. The molecule has 0 aliphatic carbocycles. The lowest BCUT2D eigenvalue weighted by Gasteiger charge is -2.29. The third-order valence-electron chi connectivity index (χ3n) is 3.37. The van der Waals surface area contributed by atoms with E-state index >= 15 is 0 Å². The number of nitrogens with one attached hydrogen (secondary N) is 1. The summed E-state index contributed by atoms with van der Waals surface area (Å²) >= 11 is 0. The van der Waals surface area contributed by atoms with Gasteiger partial charge in [0.2, 0.25) is 0 Å². The van der Waals surface area contributed by atoms with Crippen molar-refractivity contribution in [3.63, 3.8) is 0 Å². The Hall–Kier alpha value is -1.38. The molecule has 1 rings (SSSR count). The predicted molar refractivity (Wildman–Crippen MR) is 67.4 cm³/mol. The van der Waals surface area contributed by atoms with Crippen LogP contribution in [0.1, 0.15) is 38.1 Å². The maximum Gasteiger partial charge on any atom is 0.251 e. The summed E-state index contributed by atoms with van der Waals surface area (Å²) in [6.45, 7) is 9.10. The molecule has 0 spiro atoms. The zero-order valence-corrected chi connectivity index (χ0v) is 10.9. The van der Waals surface area contributed by atoms with Gasteiger partial charge in [0.25, 0.3) is 5.91 Å². The molecule has 0 bridgehead atoms. The van der Waals surface area contributed by atoms with Gasteiger partial charge in [0.05, 0.1) is 0 Å². The van der Waals surface area contributed by atoms with E-state index in [0.29, 0.717) is 18.0 Å². The first-order chi connectivity index (χ1) is 7.83. The molecule has 17 heavy (non-hydrogen) atoms. The number of hydrogen-bond donors (Lipinski definition) is 1. The molecule has 0 atom stereocenters. The molecule has 1 aromatic carbocycles. The Morgan fingerprint density at radius 2 is 1.82 bits per heavy atom. The van der Waals surface area contributed by atoms with Gasteiger partial charge < -0.3 is 5.32 Å². The number of carbonyl (C=O) groups is 1. The largest absolute Gasteiger partial charge is 0.351 e. The van der Waals surface area contributed by atoms with Gasteiger partial charge in [-0.1, -0.05) is 27.7 Å². The highest BCUT2D eigenvalue weighted by Crippen LogP contribution is 2.24. The summed E-state index contributed by atoms with van der Waals surface area (Å²) in [6.07, 6.45) is 0. The van der Waals surface area contributed by atoms with Crippen molar-refractivity contribution in [3.8, 4) is 0 Å². The van der Waals surface area contributed by atoms with Gasteiger partial charge in [-0.25, -0.2) is 4.39 Å². The topological polar surface area (TPSA) is 29.1 Å². The van der Waals surface area contributed by atoms with Crippen LogP contribution in [-0.4, -0.2) is 12.5 Å². The van der Waals surface area contributed by atoms with Crippen LogP contribution < -0.4 is 5.32 Å². The number of rotatable bonds is 4. The highest BCUT2D eigenvalue weighted by atomic mass is 19.1. The zero-order chi connectivity index (χ0) is 13.1. The van der Waals surface area contributed by atoms with E-state index in [1.807, 2.05) is 0 Å². The van der Waals surface area contributed by atoms with E-state index in [1.165, 1.54) is 24.3 Å². The number of benzene rings is 1. The van der Waals surface area contributed by atoms with Crippen LogP contribution in [0.15, 0.2) is 24.3 Å². The van der Waals surface area contributed by atoms with Crippen LogP contribution in [0.3, 0.4) is 0 Å². The summed E-state index contributed by atoms with van der Waals surface area (Å²) in [6, 6.07) is 5.57. The normalized spacial score (nSPS) is 11.6. The first kappa shape index (κ1) is 13.7. The summed E-state index contributed by atoms with van der Waals surface area (Å²) in [4.78, 5) is 11.8. The van der Waals surface area contributed by atoms with Crippen molar-refractivity contribution >= 4 is 5.91 Å². The van der Waals surface area contributed by atoms with E-state index in [0.717, 1.165) is 0 Å². The maximum absolute atomic E-state index is 12.7. The lowest BCUT2D eigenvalue weighted by atomic mass is 9.81. The van der Waals surface area contributed by atoms with E-state index in [-0.39, 0.29) is 17.1 Å². The minimum Gasteiger partial charge on any atom is -0.351 e. The molecule has 0 aliphatic heterocycles. The van der Waals surface area contributed by atoms with Crippen LogP contribution in [0.2, 0.25) is 0 Å². The van der Waals surface area contributed by atoms with E-state index in [2.05, 4.69) is 33.0 Å². The molecule has 1 amide bonds. The molecule has 0 aliphatic rings. The average molecular weight is 237 g/mol. The SMILES string of the molecule is CC(C)C(C)(C)CNC(=O)c1ccc(F)cc1. The fraction of sp³-hybridized carbons (Fsp3) is 0.500. The van der Waals surface area contributed by atoms with Crippen molar-refractivity contribution in [2.45, 2.75) is 27.7 Å². The fourth-order valence-electron chi connectivity index (χ4n) is 1.22. The standard InChI is InChI=1S/C14H20FNO/c1-10(2)14(3,4)9-16-13(17)11-5-7-12(15)8-6-11/h5-8,10H,9H2,1-4H3,(H,16,17). The molecule has 94 valence electrons. The molecule has 1 aromatic rings. The van der Waals surface area contributed by atoms with Gasteiger partial charge in [0.15, 0.2) is 0 Å². The summed E-state index contributed by atoms with van der Waals surface area (Å²) in [7, 11) is 0. The summed E-state index contributed by atoms with van der Waals surface area (Å²) in [5, 5.41) is 2.88. The summed E-state index contributed by atoms with van der Waals surface area (Å²) in [5.41, 5.74) is 0.543. The van der Waals surface area contributed by atoms with Gasteiger partial charge in [0.1, 0.15) is 5.82 Å². The highest BCUT2D eigenvalue weighted by molar-refractivity contribution is 5.94.